The minimum Gasteiger partial charge on any atom is -0.339 e. The molecule has 4 nitrogen and oxygen atoms in total. The molecule has 1 aromatic heterocycles. The summed E-state index contributed by atoms with van der Waals surface area (Å²) >= 11 is 0. The Morgan fingerprint density at radius 1 is 1.28 bits per heavy atom. The Labute approximate surface area is 99.4 Å². The Morgan fingerprint density at radius 3 is 2.61 bits per heavy atom. The quantitative estimate of drug-likeness (QED) is 0.791. The molecule has 94 valence electrons. The summed E-state index contributed by atoms with van der Waals surface area (Å²) in [6.07, 6.45) is -4.25. The van der Waals surface area contributed by atoms with Gasteiger partial charge < -0.3 is 4.52 Å². The fourth-order valence-corrected chi connectivity index (χ4v) is 1.50. The molecule has 0 fully saturated rings. The molecule has 0 atom stereocenters. The molecule has 2 aromatic rings. The van der Waals surface area contributed by atoms with Crippen molar-refractivity contribution >= 4 is 6.29 Å². The van der Waals surface area contributed by atoms with E-state index in [2.05, 4.69) is 14.7 Å². The monoisotopic (exact) mass is 256 g/mol. The molecule has 0 aliphatic carbocycles. The summed E-state index contributed by atoms with van der Waals surface area (Å²) in [6, 6.07) is 5.10. The molecule has 0 N–H and O–H groups in total. The van der Waals surface area contributed by atoms with Gasteiger partial charge in [-0.1, -0.05) is 23.4 Å². The first-order valence-corrected chi connectivity index (χ1v) is 4.93. The van der Waals surface area contributed by atoms with Crippen LogP contribution < -0.4 is 0 Å². The van der Waals surface area contributed by atoms with Crippen LogP contribution in [-0.4, -0.2) is 16.4 Å². The first-order chi connectivity index (χ1) is 8.50. The van der Waals surface area contributed by atoms with Crippen molar-refractivity contribution in [3.05, 3.63) is 47.1 Å². The average molecular weight is 256 g/mol. The molecule has 0 aliphatic heterocycles. The van der Waals surface area contributed by atoms with Gasteiger partial charge in [0.25, 0.3) is 0 Å². The van der Waals surface area contributed by atoms with E-state index in [-0.39, 0.29) is 23.7 Å². The van der Waals surface area contributed by atoms with Gasteiger partial charge in [0.15, 0.2) is 6.29 Å². The number of alkyl halides is 3. The zero-order valence-corrected chi connectivity index (χ0v) is 8.94. The van der Waals surface area contributed by atoms with Crippen LogP contribution in [0.15, 0.2) is 28.8 Å². The SMILES string of the molecule is O=Cc1noc(Cc2ccccc2C(F)(F)F)n1. The van der Waals surface area contributed by atoms with E-state index in [0.717, 1.165) is 6.07 Å². The second-order valence-electron chi connectivity index (χ2n) is 3.50. The highest BCUT2D eigenvalue weighted by Gasteiger charge is 2.33. The molecule has 1 heterocycles. The molecule has 0 unspecified atom stereocenters. The molecule has 0 aliphatic rings. The van der Waals surface area contributed by atoms with Gasteiger partial charge in [-0.3, -0.25) is 4.79 Å². The molecule has 0 saturated heterocycles. The number of carbonyl (C=O) groups excluding carboxylic acids is 1. The lowest BCUT2D eigenvalue weighted by molar-refractivity contribution is -0.138. The molecule has 0 spiro atoms. The van der Waals surface area contributed by atoms with E-state index in [1.165, 1.54) is 18.2 Å². The highest BCUT2D eigenvalue weighted by Crippen LogP contribution is 2.32. The van der Waals surface area contributed by atoms with E-state index in [9.17, 15) is 18.0 Å². The topological polar surface area (TPSA) is 56.0 Å². The van der Waals surface area contributed by atoms with E-state index in [4.69, 9.17) is 0 Å². The summed E-state index contributed by atoms with van der Waals surface area (Å²) in [5, 5.41) is 3.29. The molecule has 0 amide bonds. The standard InChI is InChI=1S/C11H7F3N2O2/c12-11(13,14)8-4-2-1-3-7(8)5-10-15-9(6-17)16-18-10/h1-4,6H,5H2. The summed E-state index contributed by atoms with van der Waals surface area (Å²) in [5.74, 6) is -0.219. The third kappa shape index (κ3) is 2.55. The second-order valence-corrected chi connectivity index (χ2v) is 3.50. The van der Waals surface area contributed by atoms with Crippen LogP contribution in [0, 0.1) is 0 Å². The first kappa shape index (κ1) is 12.3. The van der Waals surface area contributed by atoms with Gasteiger partial charge in [0.2, 0.25) is 11.7 Å². The van der Waals surface area contributed by atoms with Gasteiger partial charge in [-0.15, -0.1) is 0 Å². The fourth-order valence-electron chi connectivity index (χ4n) is 1.50. The van der Waals surface area contributed by atoms with Gasteiger partial charge in [-0.05, 0) is 11.6 Å². The van der Waals surface area contributed by atoms with Gasteiger partial charge >= 0.3 is 6.18 Å². The molecule has 0 radical (unpaired) electrons. The number of carbonyl (C=O) groups is 1. The van der Waals surface area contributed by atoms with Crippen molar-refractivity contribution in [3.63, 3.8) is 0 Å². The lowest BCUT2D eigenvalue weighted by Gasteiger charge is -2.10. The smallest absolute Gasteiger partial charge is 0.339 e. The predicted octanol–water partition coefficient (Wildman–Crippen LogP) is 2.49. The molecular weight excluding hydrogens is 249 g/mol. The van der Waals surface area contributed by atoms with Crippen LogP contribution in [0.4, 0.5) is 13.2 Å². The van der Waals surface area contributed by atoms with Crippen LogP contribution in [0.25, 0.3) is 0 Å². The Morgan fingerprint density at radius 2 is 2.00 bits per heavy atom. The minimum absolute atomic E-state index is 0.0195. The van der Waals surface area contributed by atoms with Gasteiger partial charge in [0.05, 0.1) is 12.0 Å². The van der Waals surface area contributed by atoms with Crippen molar-refractivity contribution in [2.75, 3.05) is 0 Å². The Kier molecular flexibility index (Phi) is 3.14. The summed E-state index contributed by atoms with van der Waals surface area (Å²) in [4.78, 5) is 14.0. The Hall–Kier alpha value is -2.18. The maximum atomic E-state index is 12.7. The van der Waals surface area contributed by atoms with Gasteiger partial charge in [0.1, 0.15) is 0 Å². The molecule has 18 heavy (non-hydrogen) atoms. The van der Waals surface area contributed by atoms with E-state index >= 15 is 0 Å². The molecule has 2 rings (SSSR count). The number of aromatic nitrogens is 2. The van der Waals surface area contributed by atoms with Crippen LogP contribution in [0.1, 0.15) is 27.6 Å². The van der Waals surface area contributed by atoms with Crippen LogP contribution in [0.3, 0.4) is 0 Å². The third-order valence-electron chi connectivity index (χ3n) is 2.25. The Balaban J connectivity index is 2.31. The van der Waals surface area contributed by atoms with Gasteiger partial charge in [0, 0.05) is 0 Å². The maximum absolute atomic E-state index is 12.7. The molecule has 7 heteroatoms. The van der Waals surface area contributed by atoms with Crippen LogP contribution in [0.2, 0.25) is 0 Å². The predicted molar refractivity (Wildman–Crippen MR) is 53.9 cm³/mol. The fraction of sp³-hybridized carbons (Fsp3) is 0.182. The van der Waals surface area contributed by atoms with E-state index in [0.29, 0.717) is 6.29 Å². The molecule has 0 bridgehead atoms. The van der Waals surface area contributed by atoms with E-state index in [1.807, 2.05) is 0 Å². The van der Waals surface area contributed by atoms with Crippen molar-refractivity contribution < 1.29 is 22.5 Å². The zero-order chi connectivity index (χ0) is 13.2. The highest BCUT2D eigenvalue weighted by atomic mass is 19.4. The lowest BCUT2D eigenvalue weighted by atomic mass is 10.0. The van der Waals surface area contributed by atoms with Crippen molar-refractivity contribution in [2.24, 2.45) is 0 Å². The molecule has 0 saturated carbocycles. The number of hydrogen-bond acceptors (Lipinski definition) is 4. The van der Waals surface area contributed by atoms with Crippen molar-refractivity contribution in [1.82, 2.24) is 10.1 Å². The Bertz CT molecular complexity index is 563. The van der Waals surface area contributed by atoms with Gasteiger partial charge in [-0.25, -0.2) is 0 Å². The number of hydrogen-bond donors (Lipinski definition) is 0. The summed E-state index contributed by atoms with van der Waals surface area (Å²) in [7, 11) is 0. The van der Waals surface area contributed by atoms with Crippen molar-refractivity contribution in [3.8, 4) is 0 Å². The summed E-state index contributed by atoms with van der Waals surface area (Å²) in [5.41, 5.74) is -0.734. The number of halogens is 3. The van der Waals surface area contributed by atoms with Crippen LogP contribution >= 0.6 is 0 Å². The van der Waals surface area contributed by atoms with E-state index < -0.39 is 11.7 Å². The number of nitrogens with zero attached hydrogens (tertiary/aromatic N) is 2. The molecular formula is C11H7F3N2O2. The second kappa shape index (κ2) is 4.59. The highest BCUT2D eigenvalue weighted by molar-refractivity contribution is 5.68. The van der Waals surface area contributed by atoms with Gasteiger partial charge in [-0.2, -0.15) is 18.2 Å². The normalized spacial score (nSPS) is 11.5. The van der Waals surface area contributed by atoms with Crippen LogP contribution in [0.5, 0.6) is 0 Å². The zero-order valence-electron chi connectivity index (χ0n) is 8.94. The minimum atomic E-state index is -4.44. The van der Waals surface area contributed by atoms with Crippen molar-refractivity contribution in [2.45, 2.75) is 12.6 Å². The third-order valence-corrected chi connectivity index (χ3v) is 2.25. The number of aldehydes is 1. The number of rotatable bonds is 3. The summed E-state index contributed by atoms with van der Waals surface area (Å²) < 4.78 is 42.8. The van der Waals surface area contributed by atoms with Crippen molar-refractivity contribution in [1.29, 1.82) is 0 Å². The largest absolute Gasteiger partial charge is 0.416 e. The maximum Gasteiger partial charge on any atom is 0.416 e. The molecule has 1 aromatic carbocycles. The lowest BCUT2D eigenvalue weighted by Crippen LogP contribution is -2.09. The van der Waals surface area contributed by atoms with Crippen LogP contribution in [-0.2, 0) is 12.6 Å². The first-order valence-electron chi connectivity index (χ1n) is 4.93. The average Bonchev–Trinajstić information content (AvgIpc) is 2.76. The van der Waals surface area contributed by atoms with E-state index in [1.54, 1.807) is 0 Å². The number of benzene rings is 1. The summed E-state index contributed by atoms with van der Waals surface area (Å²) in [6.45, 7) is 0.